The molecule has 5 heteroatoms. The largest absolute Gasteiger partial charge is 0.486 e. The van der Waals surface area contributed by atoms with Crippen molar-refractivity contribution in [2.24, 2.45) is 0 Å². The van der Waals surface area contributed by atoms with Gasteiger partial charge in [-0.1, -0.05) is 0 Å². The maximum atomic E-state index is 10.3. The number of aryl methyl sites for hydroxylation is 1. The van der Waals surface area contributed by atoms with E-state index in [-0.39, 0.29) is 6.10 Å². The summed E-state index contributed by atoms with van der Waals surface area (Å²) in [6, 6.07) is 7.84. The fraction of sp³-hybridized carbons (Fsp3) is 0.375. The SMILES string of the molecule is Cc1ccc2c3c(ccc2n1)OC[C@H](CNCCC=O)O3. The second-order valence-electron chi connectivity index (χ2n) is 5.12. The normalized spacial score (nSPS) is 16.9. The highest BCUT2D eigenvalue weighted by Gasteiger charge is 2.22. The molecule has 21 heavy (non-hydrogen) atoms. The molecule has 1 aliphatic heterocycles. The highest BCUT2D eigenvalue weighted by atomic mass is 16.6. The molecular formula is C16H18N2O3. The zero-order valence-electron chi connectivity index (χ0n) is 12.0. The average molecular weight is 286 g/mol. The lowest BCUT2D eigenvalue weighted by molar-refractivity contribution is -0.107. The zero-order valence-corrected chi connectivity index (χ0v) is 12.0. The minimum absolute atomic E-state index is 0.0592. The summed E-state index contributed by atoms with van der Waals surface area (Å²) in [5.74, 6) is 1.52. The predicted molar refractivity (Wildman–Crippen MR) is 79.9 cm³/mol. The number of rotatable bonds is 5. The number of hydrogen-bond donors (Lipinski definition) is 1. The summed E-state index contributed by atoms with van der Waals surface area (Å²) in [6.07, 6.45) is 1.36. The molecule has 0 amide bonds. The second kappa shape index (κ2) is 6.10. The van der Waals surface area contributed by atoms with Gasteiger partial charge < -0.3 is 19.6 Å². The Morgan fingerprint density at radius 2 is 2.29 bits per heavy atom. The van der Waals surface area contributed by atoms with Crippen molar-refractivity contribution in [2.45, 2.75) is 19.4 Å². The van der Waals surface area contributed by atoms with Crippen LogP contribution < -0.4 is 14.8 Å². The van der Waals surface area contributed by atoms with Crippen molar-refractivity contribution in [2.75, 3.05) is 19.7 Å². The van der Waals surface area contributed by atoms with E-state index < -0.39 is 0 Å². The summed E-state index contributed by atoms with van der Waals surface area (Å²) in [7, 11) is 0. The lowest BCUT2D eigenvalue weighted by Gasteiger charge is -2.27. The second-order valence-corrected chi connectivity index (χ2v) is 5.12. The Morgan fingerprint density at radius 3 is 3.14 bits per heavy atom. The van der Waals surface area contributed by atoms with E-state index in [2.05, 4.69) is 10.3 Å². The molecule has 0 unspecified atom stereocenters. The van der Waals surface area contributed by atoms with Gasteiger partial charge in [0.25, 0.3) is 0 Å². The standard InChI is InChI=1S/C16H18N2O3/c1-11-3-4-13-14(18-11)5-6-15-16(13)21-12(10-20-15)9-17-7-2-8-19/h3-6,8,12,17H,2,7,9-10H2,1H3/t12-/m0/s1. The van der Waals surface area contributed by atoms with Gasteiger partial charge in [0.15, 0.2) is 11.5 Å². The molecule has 110 valence electrons. The molecular weight excluding hydrogens is 268 g/mol. The Labute approximate surface area is 123 Å². The van der Waals surface area contributed by atoms with Crippen LogP contribution in [0.5, 0.6) is 11.5 Å². The number of fused-ring (bicyclic) bond motifs is 3. The molecule has 5 nitrogen and oxygen atoms in total. The van der Waals surface area contributed by atoms with E-state index in [1.54, 1.807) is 0 Å². The van der Waals surface area contributed by atoms with Crippen LogP contribution in [0.2, 0.25) is 0 Å². The van der Waals surface area contributed by atoms with Crippen LogP contribution in [0.1, 0.15) is 12.1 Å². The Kier molecular flexibility index (Phi) is 4.01. The van der Waals surface area contributed by atoms with Gasteiger partial charge in [0, 0.05) is 30.6 Å². The number of ether oxygens (including phenoxy) is 2. The van der Waals surface area contributed by atoms with Gasteiger partial charge in [-0.15, -0.1) is 0 Å². The van der Waals surface area contributed by atoms with Gasteiger partial charge in [-0.3, -0.25) is 4.98 Å². The van der Waals surface area contributed by atoms with Crippen molar-refractivity contribution < 1.29 is 14.3 Å². The van der Waals surface area contributed by atoms with Gasteiger partial charge in [-0.05, 0) is 31.2 Å². The molecule has 1 aromatic carbocycles. The van der Waals surface area contributed by atoms with Crippen molar-refractivity contribution in [1.82, 2.24) is 10.3 Å². The van der Waals surface area contributed by atoms with Gasteiger partial charge in [0.05, 0.1) is 5.52 Å². The summed E-state index contributed by atoms with van der Waals surface area (Å²) in [4.78, 5) is 14.8. The lowest BCUT2D eigenvalue weighted by Crippen LogP contribution is -2.38. The molecule has 0 saturated heterocycles. The molecule has 1 aromatic heterocycles. The van der Waals surface area contributed by atoms with E-state index in [1.807, 2.05) is 31.2 Å². The van der Waals surface area contributed by atoms with E-state index in [0.29, 0.717) is 26.1 Å². The number of hydrogen-bond acceptors (Lipinski definition) is 5. The summed E-state index contributed by atoms with van der Waals surface area (Å²) in [5, 5.41) is 4.16. The Balaban J connectivity index is 1.78. The van der Waals surface area contributed by atoms with Gasteiger partial charge in [0.1, 0.15) is 19.0 Å². The first-order valence-corrected chi connectivity index (χ1v) is 7.12. The summed E-state index contributed by atoms with van der Waals surface area (Å²) in [6.45, 7) is 3.79. The molecule has 3 rings (SSSR count). The molecule has 1 atom stereocenters. The number of nitrogens with one attached hydrogen (secondary N) is 1. The van der Waals surface area contributed by atoms with Crippen LogP contribution in [0.4, 0.5) is 0 Å². The highest BCUT2D eigenvalue weighted by molar-refractivity contribution is 5.88. The number of pyridine rings is 1. The molecule has 1 N–H and O–H groups in total. The smallest absolute Gasteiger partial charge is 0.171 e. The first-order valence-electron chi connectivity index (χ1n) is 7.12. The van der Waals surface area contributed by atoms with Crippen LogP contribution in [0, 0.1) is 6.92 Å². The van der Waals surface area contributed by atoms with Crippen molar-refractivity contribution >= 4 is 17.2 Å². The predicted octanol–water partition coefficient (Wildman–Crippen LogP) is 1.86. The van der Waals surface area contributed by atoms with Gasteiger partial charge >= 0.3 is 0 Å². The van der Waals surface area contributed by atoms with Gasteiger partial charge in [-0.25, -0.2) is 0 Å². The lowest BCUT2D eigenvalue weighted by atomic mass is 10.1. The number of carbonyl (C=O) groups is 1. The van der Waals surface area contributed by atoms with E-state index >= 15 is 0 Å². The van der Waals surface area contributed by atoms with Crippen molar-refractivity contribution in [3.63, 3.8) is 0 Å². The third-order valence-electron chi connectivity index (χ3n) is 3.45. The van der Waals surface area contributed by atoms with E-state index in [4.69, 9.17) is 9.47 Å². The fourth-order valence-corrected chi connectivity index (χ4v) is 2.40. The third kappa shape index (κ3) is 2.97. The number of aromatic nitrogens is 1. The zero-order chi connectivity index (χ0) is 14.7. The van der Waals surface area contributed by atoms with Gasteiger partial charge in [0.2, 0.25) is 0 Å². The third-order valence-corrected chi connectivity index (χ3v) is 3.45. The van der Waals surface area contributed by atoms with Crippen LogP contribution in [0.15, 0.2) is 24.3 Å². The first-order chi connectivity index (χ1) is 10.3. The van der Waals surface area contributed by atoms with Crippen LogP contribution in [0.25, 0.3) is 10.9 Å². The fourth-order valence-electron chi connectivity index (χ4n) is 2.40. The highest BCUT2D eigenvalue weighted by Crippen LogP contribution is 2.38. The summed E-state index contributed by atoms with van der Waals surface area (Å²) in [5.41, 5.74) is 1.89. The molecule has 0 radical (unpaired) electrons. The molecule has 0 aliphatic carbocycles. The van der Waals surface area contributed by atoms with Crippen LogP contribution in [-0.4, -0.2) is 37.1 Å². The van der Waals surface area contributed by atoms with Crippen molar-refractivity contribution in [3.05, 3.63) is 30.0 Å². The molecule has 0 bridgehead atoms. The molecule has 1 aliphatic rings. The molecule has 0 spiro atoms. The molecule has 0 fully saturated rings. The first kappa shape index (κ1) is 13.8. The summed E-state index contributed by atoms with van der Waals surface area (Å²) < 4.78 is 11.8. The Morgan fingerprint density at radius 1 is 1.38 bits per heavy atom. The minimum Gasteiger partial charge on any atom is -0.486 e. The van der Waals surface area contributed by atoms with Crippen LogP contribution in [0.3, 0.4) is 0 Å². The quantitative estimate of drug-likeness (QED) is 0.671. The Hall–Kier alpha value is -2.14. The number of nitrogens with zero attached hydrogens (tertiary/aromatic N) is 1. The van der Waals surface area contributed by atoms with Crippen LogP contribution >= 0.6 is 0 Å². The number of aldehydes is 1. The number of benzene rings is 1. The molecule has 2 aromatic rings. The maximum absolute atomic E-state index is 10.3. The van der Waals surface area contributed by atoms with Crippen molar-refractivity contribution in [1.29, 1.82) is 0 Å². The number of carbonyl (C=O) groups excluding carboxylic acids is 1. The van der Waals surface area contributed by atoms with Crippen molar-refractivity contribution in [3.8, 4) is 11.5 Å². The molecule has 0 saturated carbocycles. The minimum atomic E-state index is -0.0592. The van der Waals surface area contributed by atoms with E-state index in [0.717, 1.165) is 34.4 Å². The van der Waals surface area contributed by atoms with Crippen LogP contribution in [-0.2, 0) is 4.79 Å². The topological polar surface area (TPSA) is 60.5 Å². The van der Waals surface area contributed by atoms with E-state index in [1.165, 1.54) is 0 Å². The van der Waals surface area contributed by atoms with Gasteiger partial charge in [-0.2, -0.15) is 0 Å². The maximum Gasteiger partial charge on any atom is 0.171 e. The molecule has 2 heterocycles. The average Bonchev–Trinajstić information content (AvgIpc) is 2.51. The summed E-state index contributed by atoms with van der Waals surface area (Å²) >= 11 is 0. The Bertz CT molecular complexity index is 657. The monoisotopic (exact) mass is 286 g/mol. The van der Waals surface area contributed by atoms with E-state index in [9.17, 15) is 4.79 Å².